The van der Waals surface area contributed by atoms with Crippen molar-refractivity contribution in [3.05, 3.63) is 108 Å². The molecule has 4 nitrogen and oxygen atoms in total. The van der Waals surface area contributed by atoms with Crippen molar-refractivity contribution in [2.75, 3.05) is 39.3 Å². The first-order valence-corrected chi connectivity index (χ1v) is 25.6. The molecule has 8 aliphatic carbocycles. The van der Waals surface area contributed by atoms with E-state index in [0.29, 0.717) is 22.4 Å². The Hall–Kier alpha value is -1.64. The van der Waals surface area contributed by atoms with Crippen LogP contribution in [0.3, 0.4) is 0 Å². The van der Waals surface area contributed by atoms with Crippen molar-refractivity contribution in [1.82, 2.24) is 21.3 Å². The van der Waals surface area contributed by atoms with E-state index >= 15 is 0 Å². The second-order valence-electron chi connectivity index (χ2n) is 20.7. The van der Waals surface area contributed by atoms with E-state index in [0.717, 1.165) is 74.8 Å². The van der Waals surface area contributed by atoms with Crippen molar-refractivity contribution < 1.29 is 17.1 Å². The van der Waals surface area contributed by atoms with Gasteiger partial charge in [-0.2, -0.15) is 18.2 Å². The Morgan fingerprint density at radius 2 is 1.08 bits per heavy atom. The second kappa shape index (κ2) is 17.1. The van der Waals surface area contributed by atoms with Crippen LogP contribution in [-0.2, 0) is 28.4 Å². The molecule has 8 saturated carbocycles. The summed E-state index contributed by atoms with van der Waals surface area (Å²) >= 11 is 0. The molecule has 14 rings (SSSR count). The Morgan fingerprint density at radius 1 is 0.627 bits per heavy atom. The van der Waals surface area contributed by atoms with Crippen LogP contribution in [0.2, 0.25) is 0 Å². The van der Waals surface area contributed by atoms with E-state index in [-0.39, 0.29) is 30.1 Å². The molecule has 4 N–H and O–H groups in total. The molecule has 10 fully saturated rings. The fourth-order valence-electron chi connectivity index (χ4n) is 15.6. The summed E-state index contributed by atoms with van der Waals surface area (Å²) in [5.41, 5.74) is 9.20. The fourth-order valence-corrected chi connectivity index (χ4v) is 21.6. The number of benzene rings is 2. The molecule has 10 aliphatic rings. The Morgan fingerprint density at radius 3 is 1.49 bits per heavy atom. The molecule has 4 aromatic carbocycles. The first kappa shape index (κ1) is 41.4. The van der Waals surface area contributed by atoms with Crippen molar-refractivity contribution in [3.63, 3.8) is 0 Å². The van der Waals surface area contributed by atoms with Gasteiger partial charge in [-0.1, -0.05) is 78.7 Å². The summed E-state index contributed by atoms with van der Waals surface area (Å²) in [6.45, 7) is 6.17. The van der Waals surface area contributed by atoms with E-state index in [4.69, 9.17) is 0 Å². The number of hydrogen-bond acceptors (Lipinski definition) is 4. The Balaban J connectivity index is 0.000000655. The standard InChI is InChI=1S/C47H63N4P2.C5H5.Fe/c52-47(42-28-48-11-13-50-42,43-29-49-12-14-51-43)41-21-39(37-7-3-1-4-8-37)44(38-9-5-2-6-10-38)40(41)30-53(45-22-31-15-32(23-45)17-33(16-31)24-45)46-25-34-18-35(26-46)20-36(19-34)27-46;1-2-4-5-3-1;/h1-10,21,31-36,42-43,48-51H,11-20,22-30,52H2;1-5H;/q2*-1;+2. The third-order valence-electron chi connectivity index (χ3n) is 17.1. The van der Waals surface area contributed by atoms with E-state index in [9.17, 15) is 0 Å². The minimum Gasteiger partial charge on any atom is -0.314 e. The van der Waals surface area contributed by atoms with Crippen molar-refractivity contribution >= 4 is 17.2 Å². The molecule has 3 unspecified atom stereocenters. The smallest absolute Gasteiger partial charge is 0.314 e. The van der Waals surface area contributed by atoms with Gasteiger partial charge < -0.3 is 21.3 Å². The maximum Gasteiger partial charge on any atom is 2.00 e. The molecule has 4 aromatic rings. The second-order valence-corrected chi connectivity index (χ2v) is 24.8. The third-order valence-corrected chi connectivity index (χ3v) is 22.2. The third kappa shape index (κ3) is 7.67. The number of hydrogen-bond donors (Lipinski definition) is 4. The minimum absolute atomic E-state index is 0. The van der Waals surface area contributed by atoms with Crippen molar-refractivity contribution in [2.24, 2.45) is 35.5 Å². The number of nitrogens with one attached hydrogen (secondary N) is 4. The molecule has 59 heavy (non-hydrogen) atoms. The van der Waals surface area contributed by atoms with Crippen LogP contribution >= 0.6 is 17.2 Å². The average molecular weight is 867 g/mol. The molecular formula is C52H68FeN4P2. The summed E-state index contributed by atoms with van der Waals surface area (Å²) in [6, 6.07) is 36.6. The Kier molecular flexibility index (Phi) is 12.0. The zero-order valence-corrected chi connectivity index (χ0v) is 38.3. The van der Waals surface area contributed by atoms with Gasteiger partial charge in [0.15, 0.2) is 0 Å². The van der Waals surface area contributed by atoms with Gasteiger partial charge in [-0.25, -0.2) is 12.1 Å². The van der Waals surface area contributed by atoms with Gasteiger partial charge >= 0.3 is 17.1 Å². The molecule has 3 atom stereocenters. The predicted molar refractivity (Wildman–Crippen MR) is 248 cm³/mol. The molecule has 0 aromatic heterocycles. The van der Waals surface area contributed by atoms with Crippen LogP contribution < -0.4 is 21.3 Å². The topological polar surface area (TPSA) is 48.1 Å². The minimum atomic E-state index is -0.227. The summed E-state index contributed by atoms with van der Waals surface area (Å²) < 4.78 is 0. The molecule has 2 heterocycles. The average Bonchev–Trinajstić information content (AvgIpc) is 3.96. The first-order chi connectivity index (χ1) is 28.5. The van der Waals surface area contributed by atoms with Crippen LogP contribution in [0.4, 0.5) is 0 Å². The molecule has 314 valence electrons. The SMILES string of the molecule is PC(c1cc(-c2ccccc2)[c-](-c2ccccc2)c1CP(C12CC3CC(CC(C3)C1)C2)C12CC3CC(CC(C3)C1)C2)(C1CNCCN1)C1CNCCN1.[Fe+2].c1cc[cH-]c1. The molecule has 7 heteroatoms. The monoisotopic (exact) mass is 866 g/mol. The van der Waals surface area contributed by atoms with Gasteiger partial charge in [0.25, 0.3) is 0 Å². The zero-order valence-electron chi connectivity index (χ0n) is 35.2. The molecule has 0 radical (unpaired) electrons. The molecule has 8 bridgehead atoms. The summed E-state index contributed by atoms with van der Waals surface area (Å²) in [7, 11) is 3.38. The normalized spacial score (nSPS) is 36.9. The van der Waals surface area contributed by atoms with Crippen LogP contribution in [0.15, 0.2) is 97.1 Å². The molecule has 2 saturated heterocycles. The van der Waals surface area contributed by atoms with E-state index in [1.54, 1.807) is 93.7 Å². The van der Waals surface area contributed by atoms with Crippen LogP contribution in [-0.4, -0.2) is 61.7 Å². The summed E-state index contributed by atoms with van der Waals surface area (Å²) in [6.07, 6.45) is 20.0. The van der Waals surface area contributed by atoms with E-state index < -0.39 is 0 Å². The van der Waals surface area contributed by atoms with Gasteiger partial charge in [0.1, 0.15) is 0 Å². The summed E-state index contributed by atoms with van der Waals surface area (Å²) in [5, 5.41) is 17.0. The number of piperazine rings is 2. The van der Waals surface area contributed by atoms with Crippen molar-refractivity contribution in [3.8, 4) is 22.3 Å². The summed E-state index contributed by atoms with van der Waals surface area (Å²) in [4.78, 5) is 0. The maximum absolute atomic E-state index is 4.12. The number of rotatable bonds is 9. The molecule has 0 amide bonds. The van der Waals surface area contributed by atoms with Crippen molar-refractivity contribution in [2.45, 2.75) is 111 Å². The van der Waals surface area contributed by atoms with Crippen LogP contribution in [0, 0.1) is 35.5 Å². The first-order valence-electron chi connectivity index (χ1n) is 23.5. The molecular weight excluding hydrogens is 798 g/mol. The van der Waals surface area contributed by atoms with E-state index in [1.165, 1.54) is 22.9 Å². The van der Waals surface area contributed by atoms with E-state index in [2.05, 4.69) is 97.2 Å². The fraction of sp³-hybridized carbons (Fsp3) is 0.577. The van der Waals surface area contributed by atoms with Crippen LogP contribution in [0.1, 0.15) is 88.2 Å². The van der Waals surface area contributed by atoms with Crippen molar-refractivity contribution in [1.29, 1.82) is 0 Å². The Labute approximate surface area is 369 Å². The van der Waals surface area contributed by atoms with Gasteiger partial charge in [0, 0.05) is 56.5 Å². The molecule has 0 spiro atoms. The Bertz CT molecular complexity index is 1830. The molecule has 2 aliphatic heterocycles. The van der Waals surface area contributed by atoms with Gasteiger partial charge in [-0.3, -0.25) is 0 Å². The van der Waals surface area contributed by atoms with Gasteiger partial charge in [0.2, 0.25) is 0 Å². The van der Waals surface area contributed by atoms with E-state index in [1.807, 2.05) is 30.3 Å². The van der Waals surface area contributed by atoms with Gasteiger partial charge in [0.05, 0.1) is 0 Å². The predicted octanol–water partition coefficient (Wildman–Crippen LogP) is 10.3. The van der Waals surface area contributed by atoms with Crippen LogP contribution in [0.5, 0.6) is 0 Å². The largest absolute Gasteiger partial charge is 2.00 e. The zero-order chi connectivity index (χ0) is 38.7. The van der Waals surface area contributed by atoms with Gasteiger partial charge in [-0.05, 0) is 129 Å². The van der Waals surface area contributed by atoms with Crippen LogP contribution in [0.25, 0.3) is 22.3 Å². The quantitative estimate of drug-likeness (QED) is 0.0769. The summed E-state index contributed by atoms with van der Waals surface area (Å²) in [5.74, 6) is 6.02. The maximum atomic E-state index is 4.12. The van der Waals surface area contributed by atoms with Gasteiger partial charge in [-0.15, -0.1) is 38.6 Å².